The fourth-order valence-corrected chi connectivity index (χ4v) is 2.17. The number of oxime groups is 1. The minimum absolute atomic E-state index is 0.0326. The molecule has 23 heavy (non-hydrogen) atoms. The molecule has 0 aliphatic carbocycles. The molecule has 2 rings (SSSR count). The van der Waals surface area contributed by atoms with Crippen molar-refractivity contribution in [2.24, 2.45) is 10.9 Å². The van der Waals surface area contributed by atoms with Crippen molar-refractivity contribution < 1.29 is 23.9 Å². The second kappa shape index (κ2) is 7.18. The summed E-state index contributed by atoms with van der Waals surface area (Å²) in [5.74, 6) is -1.36. The zero-order chi connectivity index (χ0) is 17.0. The highest BCUT2D eigenvalue weighted by Gasteiger charge is 2.32. The van der Waals surface area contributed by atoms with Crippen LogP contribution in [-0.4, -0.2) is 48.0 Å². The Labute approximate surface area is 136 Å². The van der Waals surface area contributed by atoms with E-state index in [1.54, 1.807) is 0 Å². The molecule has 0 spiro atoms. The average Bonchev–Trinajstić information content (AvgIpc) is 2.92. The Morgan fingerprint density at radius 3 is 2.96 bits per heavy atom. The van der Waals surface area contributed by atoms with Crippen molar-refractivity contribution in [3.8, 4) is 0 Å². The number of hydrogen-bond donors (Lipinski definition) is 4. The minimum atomic E-state index is -0.738. The smallest absolute Gasteiger partial charge is 0.414 e. The molecule has 8 nitrogen and oxygen atoms in total. The van der Waals surface area contributed by atoms with Crippen molar-refractivity contribution in [2.45, 2.75) is 6.10 Å². The molecule has 0 saturated carbocycles. The monoisotopic (exact) mass is 342 g/mol. The van der Waals surface area contributed by atoms with Crippen LogP contribution in [0.3, 0.4) is 0 Å². The van der Waals surface area contributed by atoms with Gasteiger partial charge in [0.2, 0.25) is 5.91 Å². The number of nitrogens with zero attached hydrogens (tertiary/aromatic N) is 2. The number of carbonyl (C=O) groups is 2. The lowest BCUT2D eigenvalue weighted by Gasteiger charge is -2.14. The van der Waals surface area contributed by atoms with Crippen LogP contribution in [0.5, 0.6) is 0 Å². The molecule has 4 N–H and O–H groups in total. The van der Waals surface area contributed by atoms with Gasteiger partial charge in [-0.05, 0) is 18.2 Å². The summed E-state index contributed by atoms with van der Waals surface area (Å²) in [4.78, 5) is 24.2. The molecule has 0 radical (unpaired) electrons. The second-order valence-corrected chi connectivity index (χ2v) is 5.04. The lowest BCUT2D eigenvalue weighted by atomic mass is 10.1. The fourth-order valence-electron chi connectivity index (χ4n) is 2.06. The number of thiol groups is 1. The van der Waals surface area contributed by atoms with Crippen LogP contribution in [-0.2, 0) is 9.53 Å². The Balaban J connectivity index is 2.09. The molecule has 1 aliphatic rings. The zero-order valence-corrected chi connectivity index (χ0v) is 12.8. The normalized spacial score (nSPS) is 18.0. The van der Waals surface area contributed by atoms with Crippen LogP contribution in [0.1, 0.15) is 5.56 Å². The van der Waals surface area contributed by atoms with Gasteiger partial charge in [-0.15, -0.1) is 0 Å². The lowest BCUT2D eigenvalue weighted by Crippen LogP contribution is -2.35. The van der Waals surface area contributed by atoms with Gasteiger partial charge in [-0.2, -0.15) is 12.6 Å². The number of cyclic esters (lactones) is 1. The standard InChI is InChI=1S/C13H15FN4O4S/c14-10-3-7(1-2-9(10)12(15)17-21)18-5-8(22-13(18)20)4-16-11(19)6-23/h1-3,8,21,23H,4-6H2,(H2,15,17)(H,16,19)/t8-/m0/s1. The predicted octanol–water partition coefficient (Wildman–Crippen LogP) is 0.291. The SMILES string of the molecule is NC(=NO)c1ccc(N2C[C@H](CNC(=O)CS)OC2=O)cc1F. The molecule has 1 aromatic carbocycles. The van der Waals surface area contributed by atoms with Gasteiger partial charge in [0, 0.05) is 0 Å². The molecular formula is C13H15FN4O4S. The molecule has 1 aliphatic heterocycles. The third-order valence-corrected chi connectivity index (χ3v) is 3.48. The van der Waals surface area contributed by atoms with Crippen LogP contribution in [0.2, 0.25) is 0 Å². The molecule has 10 heteroatoms. The van der Waals surface area contributed by atoms with E-state index in [1.165, 1.54) is 17.0 Å². The summed E-state index contributed by atoms with van der Waals surface area (Å²) in [5.41, 5.74) is 5.52. The van der Waals surface area contributed by atoms with Gasteiger partial charge >= 0.3 is 6.09 Å². The predicted molar refractivity (Wildman–Crippen MR) is 83.4 cm³/mol. The first-order valence-corrected chi connectivity index (χ1v) is 7.22. The zero-order valence-electron chi connectivity index (χ0n) is 11.9. The third kappa shape index (κ3) is 3.83. The Morgan fingerprint density at radius 2 is 2.35 bits per heavy atom. The number of carbonyl (C=O) groups excluding carboxylic acids is 2. The molecule has 1 fully saturated rings. The van der Waals surface area contributed by atoms with Gasteiger partial charge in [0.15, 0.2) is 5.84 Å². The van der Waals surface area contributed by atoms with Crippen LogP contribution in [0.15, 0.2) is 23.4 Å². The minimum Gasteiger partial charge on any atom is -0.442 e. The van der Waals surface area contributed by atoms with E-state index in [2.05, 4.69) is 23.1 Å². The molecule has 1 aromatic rings. The highest BCUT2D eigenvalue weighted by molar-refractivity contribution is 7.81. The quantitative estimate of drug-likeness (QED) is 0.202. The number of anilines is 1. The molecule has 0 aromatic heterocycles. The summed E-state index contributed by atoms with van der Waals surface area (Å²) in [6, 6.07) is 3.83. The second-order valence-electron chi connectivity index (χ2n) is 4.73. The largest absolute Gasteiger partial charge is 0.442 e. The average molecular weight is 342 g/mol. The van der Waals surface area contributed by atoms with Crippen molar-refractivity contribution in [2.75, 3.05) is 23.7 Å². The number of amidine groups is 1. The van der Waals surface area contributed by atoms with Crippen LogP contribution in [0.25, 0.3) is 0 Å². The van der Waals surface area contributed by atoms with E-state index in [9.17, 15) is 14.0 Å². The number of benzene rings is 1. The summed E-state index contributed by atoms with van der Waals surface area (Å²) in [5, 5.41) is 13.8. The summed E-state index contributed by atoms with van der Waals surface area (Å²) >= 11 is 3.82. The first-order valence-electron chi connectivity index (χ1n) is 6.59. The van der Waals surface area contributed by atoms with Crippen molar-refractivity contribution in [1.29, 1.82) is 0 Å². The highest BCUT2D eigenvalue weighted by atomic mass is 32.1. The van der Waals surface area contributed by atoms with Crippen molar-refractivity contribution >= 4 is 36.2 Å². The number of amides is 2. The Kier molecular flexibility index (Phi) is 5.27. The number of halogens is 1. The maximum atomic E-state index is 13.9. The van der Waals surface area contributed by atoms with Gasteiger partial charge in [-0.1, -0.05) is 5.16 Å². The van der Waals surface area contributed by atoms with E-state index in [0.29, 0.717) is 0 Å². The van der Waals surface area contributed by atoms with Crippen LogP contribution in [0.4, 0.5) is 14.9 Å². The van der Waals surface area contributed by atoms with Gasteiger partial charge < -0.3 is 21.0 Å². The van der Waals surface area contributed by atoms with Crippen molar-refractivity contribution in [1.82, 2.24) is 5.32 Å². The maximum Gasteiger partial charge on any atom is 0.414 e. The number of nitrogens with one attached hydrogen (secondary N) is 1. The fraction of sp³-hybridized carbons (Fsp3) is 0.308. The van der Waals surface area contributed by atoms with Gasteiger partial charge in [0.25, 0.3) is 0 Å². The Hall–Kier alpha value is -2.49. The Morgan fingerprint density at radius 1 is 1.61 bits per heavy atom. The van der Waals surface area contributed by atoms with Crippen LogP contribution in [0, 0.1) is 5.82 Å². The van der Waals surface area contributed by atoms with Crippen LogP contribution >= 0.6 is 12.6 Å². The van der Waals surface area contributed by atoms with Gasteiger partial charge in [-0.3, -0.25) is 9.69 Å². The third-order valence-electron chi connectivity index (χ3n) is 3.19. The van der Waals surface area contributed by atoms with Gasteiger partial charge in [0.1, 0.15) is 11.9 Å². The maximum absolute atomic E-state index is 13.9. The topological polar surface area (TPSA) is 117 Å². The number of rotatable bonds is 5. The summed E-state index contributed by atoms with van der Waals surface area (Å²) in [7, 11) is 0. The molecule has 1 atom stereocenters. The molecule has 1 saturated heterocycles. The van der Waals surface area contributed by atoms with Gasteiger partial charge in [0.05, 0.1) is 30.1 Å². The van der Waals surface area contributed by atoms with Gasteiger partial charge in [-0.25, -0.2) is 9.18 Å². The molecular weight excluding hydrogens is 327 g/mol. The van der Waals surface area contributed by atoms with Crippen LogP contribution < -0.4 is 16.0 Å². The molecule has 1 heterocycles. The van der Waals surface area contributed by atoms with E-state index in [-0.39, 0.29) is 41.8 Å². The van der Waals surface area contributed by atoms with E-state index in [0.717, 1.165) is 6.07 Å². The first kappa shape index (κ1) is 16.9. The van der Waals surface area contributed by atoms with Crippen molar-refractivity contribution in [3.63, 3.8) is 0 Å². The molecule has 0 unspecified atom stereocenters. The Bertz CT molecular complexity index is 655. The summed E-state index contributed by atoms with van der Waals surface area (Å²) < 4.78 is 19.0. The molecule has 0 bridgehead atoms. The highest BCUT2D eigenvalue weighted by Crippen LogP contribution is 2.23. The number of ether oxygens (including phenoxy) is 1. The van der Waals surface area contributed by atoms with Crippen molar-refractivity contribution in [3.05, 3.63) is 29.6 Å². The van der Waals surface area contributed by atoms with E-state index >= 15 is 0 Å². The summed E-state index contributed by atoms with van der Waals surface area (Å²) in [6.45, 7) is 0.306. The van der Waals surface area contributed by atoms with E-state index in [4.69, 9.17) is 15.7 Å². The number of hydrogen-bond acceptors (Lipinski definition) is 6. The molecule has 2 amide bonds. The number of nitrogens with two attached hydrogens (primary N) is 1. The molecule has 124 valence electrons. The van der Waals surface area contributed by atoms with E-state index in [1.807, 2.05) is 0 Å². The summed E-state index contributed by atoms with van der Waals surface area (Å²) in [6.07, 6.45) is -1.19. The first-order chi connectivity index (χ1) is 11.0. The lowest BCUT2D eigenvalue weighted by molar-refractivity contribution is -0.118. The van der Waals surface area contributed by atoms with E-state index < -0.39 is 18.0 Å².